The first kappa shape index (κ1) is 26.1. The highest BCUT2D eigenvalue weighted by Crippen LogP contribution is 2.28. The first-order chi connectivity index (χ1) is 17.1. The highest BCUT2D eigenvalue weighted by Gasteiger charge is 2.31. The molecular weight excluding hydrogens is 480 g/mol. The molecule has 2 amide bonds. The van der Waals surface area contributed by atoms with Crippen LogP contribution in [-0.2, 0) is 9.59 Å². The predicted octanol–water partition coefficient (Wildman–Crippen LogP) is 3.83. The molecule has 2 saturated heterocycles. The van der Waals surface area contributed by atoms with E-state index in [4.69, 9.17) is 16.3 Å². The maximum Gasteiger partial charge on any atom is 0.236 e. The molecule has 2 aliphatic rings. The molecule has 9 heteroatoms. The molecule has 2 fully saturated rings. The number of carbonyl (C=O) groups excluding carboxylic acids is 2. The average molecular weight is 515 g/mol. The Morgan fingerprint density at radius 3 is 2.53 bits per heavy atom. The molecule has 4 rings (SSSR count). The molecule has 194 valence electrons. The van der Waals surface area contributed by atoms with Crippen molar-refractivity contribution in [3.63, 3.8) is 0 Å². The summed E-state index contributed by atoms with van der Waals surface area (Å²) < 4.78 is 5.99. The van der Waals surface area contributed by atoms with Crippen molar-refractivity contribution in [2.45, 2.75) is 32.8 Å². The van der Waals surface area contributed by atoms with Gasteiger partial charge in [-0.15, -0.1) is 0 Å². The highest BCUT2D eigenvalue weighted by molar-refractivity contribution is 6.32. The van der Waals surface area contributed by atoms with E-state index >= 15 is 0 Å². The molecule has 2 heterocycles. The van der Waals surface area contributed by atoms with Crippen LogP contribution in [0.3, 0.4) is 0 Å². The normalized spacial score (nSPS) is 18.8. The van der Waals surface area contributed by atoms with Crippen molar-refractivity contribution in [3.8, 4) is 11.5 Å². The number of likely N-dealkylation sites (tertiary alicyclic amines) is 1. The molecule has 8 nitrogen and oxygen atoms in total. The third-order valence-corrected chi connectivity index (χ3v) is 6.76. The second-order valence-electron chi connectivity index (χ2n) is 10.5. The number of piperazine rings is 1. The van der Waals surface area contributed by atoms with E-state index in [-0.39, 0.29) is 34.1 Å². The van der Waals surface area contributed by atoms with Gasteiger partial charge in [0.05, 0.1) is 17.5 Å². The lowest BCUT2D eigenvalue weighted by Gasteiger charge is -2.37. The Morgan fingerprint density at radius 1 is 1.08 bits per heavy atom. The quantitative estimate of drug-likeness (QED) is 0.570. The van der Waals surface area contributed by atoms with Crippen molar-refractivity contribution in [2.75, 3.05) is 56.0 Å². The lowest BCUT2D eigenvalue weighted by molar-refractivity contribution is -0.132. The van der Waals surface area contributed by atoms with Crippen LogP contribution in [-0.4, -0.2) is 78.1 Å². The predicted molar refractivity (Wildman–Crippen MR) is 142 cm³/mol. The van der Waals surface area contributed by atoms with E-state index in [2.05, 4.69) is 27.2 Å². The number of hydrogen-bond donors (Lipinski definition) is 2. The third kappa shape index (κ3) is 6.83. The number of nitrogens with zero attached hydrogens (tertiary/aromatic N) is 3. The number of benzene rings is 2. The van der Waals surface area contributed by atoms with Gasteiger partial charge in [0.25, 0.3) is 0 Å². The molecule has 0 radical (unpaired) electrons. The largest absolute Gasteiger partial charge is 0.506 e. The summed E-state index contributed by atoms with van der Waals surface area (Å²) >= 11 is 5.92. The molecular formula is C27H35ClN4O4. The van der Waals surface area contributed by atoms with Crippen molar-refractivity contribution in [1.82, 2.24) is 9.80 Å². The van der Waals surface area contributed by atoms with Gasteiger partial charge in [0.1, 0.15) is 17.1 Å². The SMILES string of the molecule is CC(C)(C)Oc1cccc(N2CCN(C(=O)CN3CC[C@@H](C(=O)Nc4ccc(O)c(Cl)c4)C3)CC2)c1. The number of rotatable bonds is 6. The van der Waals surface area contributed by atoms with Crippen LogP contribution in [0.15, 0.2) is 42.5 Å². The number of hydrogen-bond acceptors (Lipinski definition) is 6. The van der Waals surface area contributed by atoms with E-state index in [0.717, 1.165) is 24.5 Å². The van der Waals surface area contributed by atoms with Gasteiger partial charge in [-0.25, -0.2) is 0 Å². The van der Waals surface area contributed by atoms with Gasteiger partial charge in [-0.2, -0.15) is 0 Å². The van der Waals surface area contributed by atoms with Crippen LogP contribution < -0.4 is 15.0 Å². The zero-order valence-corrected chi connectivity index (χ0v) is 21.9. The van der Waals surface area contributed by atoms with Gasteiger partial charge in [-0.1, -0.05) is 17.7 Å². The monoisotopic (exact) mass is 514 g/mol. The van der Waals surface area contributed by atoms with Gasteiger partial charge < -0.3 is 25.0 Å². The van der Waals surface area contributed by atoms with Crippen LogP contribution in [0.2, 0.25) is 5.02 Å². The number of phenolic OH excluding ortho intramolecular Hbond substituents is 1. The zero-order valence-electron chi connectivity index (χ0n) is 21.2. The van der Waals surface area contributed by atoms with Gasteiger partial charge in [0, 0.05) is 50.2 Å². The van der Waals surface area contributed by atoms with Crippen LogP contribution in [0.25, 0.3) is 0 Å². The molecule has 0 saturated carbocycles. The topological polar surface area (TPSA) is 85.4 Å². The summed E-state index contributed by atoms with van der Waals surface area (Å²) in [5, 5.41) is 12.6. The number of halogens is 1. The molecule has 2 aromatic carbocycles. The number of carbonyl (C=O) groups is 2. The van der Waals surface area contributed by atoms with Crippen molar-refractivity contribution in [3.05, 3.63) is 47.5 Å². The summed E-state index contributed by atoms with van der Waals surface area (Å²) in [6.07, 6.45) is 0.700. The average Bonchev–Trinajstić information content (AvgIpc) is 3.29. The fourth-order valence-electron chi connectivity index (χ4n) is 4.62. The number of nitrogens with one attached hydrogen (secondary N) is 1. The fraction of sp³-hybridized carbons (Fsp3) is 0.481. The van der Waals surface area contributed by atoms with E-state index in [1.165, 1.54) is 12.1 Å². The van der Waals surface area contributed by atoms with E-state index in [1.54, 1.807) is 6.07 Å². The molecule has 0 bridgehead atoms. The third-order valence-electron chi connectivity index (χ3n) is 6.46. The molecule has 2 aromatic rings. The molecule has 0 aromatic heterocycles. The van der Waals surface area contributed by atoms with E-state index < -0.39 is 0 Å². The van der Waals surface area contributed by atoms with Crippen molar-refractivity contribution < 1.29 is 19.4 Å². The number of ether oxygens (including phenoxy) is 1. The Bertz CT molecular complexity index is 1100. The second kappa shape index (κ2) is 11.0. The van der Waals surface area contributed by atoms with Gasteiger partial charge in [-0.05, 0) is 64.1 Å². The van der Waals surface area contributed by atoms with E-state index in [0.29, 0.717) is 44.8 Å². The highest BCUT2D eigenvalue weighted by atomic mass is 35.5. The summed E-state index contributed by atoms with van der Waals surface area (Å²) in [6.45, 7) is 10.6. The Morgan fingerprint density at radius 2 is 1.83 bits per heavy atom. The fourth-order valence-corrected chi connectivity index (χ4v) is 4.80. The molecule has 2 aliphatic heterocycles. The van der Waals surface area contributed by atoms with Crippen LogP contribution >= 0.6 is 11.6 Å². The summed E-state index contributed by atoms with van der Waals surface area (Å²) in [7, 11) is 0. The Balaban J connectivity index is 1.23. The summed E-state index contributed by atoms with van der Waals surface area (Å²) in [6, 6.07) is 12.7. The first-order valence-electron chi connectivity index (χ1n) is 12.4. The van der Waals surface area contributed by atoms with Gasteiger partial charge >= 0.3 is 0 Å². The summed E-state index contributed by atoms with van der Waals surface area (Å²) in [5.74, 6) is 0.636. The molecule has 0 aliphatic carbocycles. The van der Waals surface area contributed by atoms with E-state index in [9.17, 15) is 14.7 Å². The Hall–Kier alpha value is -2.97. The minimum Gasteiger partial charge on any atom is -0.506 e. The minimum absolute atomic E-state index is 0.0240. The molecule has 1 atom stereocenters. The maximum absolute atomic E-state index is 13.0. The molecule has 0 unspecified atom stereocenters. The minimum atomic E-state index is -0.252. The van der Waals surface area contributed by atoms with Crippen LogP contribution in [0.5, 0.6) is 11.5 Å². The lowest BCUT2D eigenvalue weighted by atomic mass is 10.1. The van der Waals surface area contributed by atoms with E-state index in [1.807, 2.05) is 37.8 Å². The number of aromatic hydroxyl groups is 1. The van der Waals surface area contributed by atoms with Gasteiger partial charge in [0.2, 0.25) is 11.8 Å². The lowest BCUT2D eigenvalue weighted by Crippen LogP contribution is -2.51. The van der Waals surface area contributed by atoms with Crippen molar-refractivity contribution >= 4 is 34.8 Å². The Kier molecular flexibility index (Phi) is 7.95. The second-order valence-corrected chi connectivity index (χ2v) is 10.9. The molecule has 0 spiro atoms. The first-order valence-corrected chi connectivity index (χ1v) is 12.8. The van der Waals surface area contributed by atoms with Gasteiger partial charge in [-0.3, -0.25) is 14.5 Å². The zero-order chi connectivity index (χ0) is 25.9. The number of anilines is 2. The summed E-state index contributed by atoms with van der Waals surface area (Å²) in [4.78, 5) is 31.9. The molecule has 36 heavy (non-hydrogen) atoms. The number of phenols is 1. The Labute approximate surface area is 217 Å². The summed E-state index contributed by atoms with van der Waals surface area (Å²) in [5.41, 5.74) is 1.40. The molecule has 2 N–H and O–H groups in total. The standard InChI is InChI=1S/C27H35ClN4O4/c1-27(2,3)36-22-6-4-5-21(16-22)31-11-13-32(14-12-31)25(34)18-30-10-9-19(17-30)26(35)29-20-7-8-24(33)23(28)15-20/h4-8,15-16,19,33H,9-14,17-18H2,1-3H3,(H,29,35)/t19-/m1/s1. The van der Waals surface area contributed by atoms with Crippen LogP contribution in [0, 0.1) is 5.92 Å². The van der Waals surface area contributed by atoms with Crippen LogP contribution in [0.1, 0.15) is 27.2 Å². The van der Waals surface area contributed by atoms with Crippen molar-refractivity contribution in [1.29, 1.82) is 0 Å². The van der Waals surface area contributed by atoms with Crippen LogP contribution in [0.4, 0.5) is 11.4 Å². The van der Waals surface area contributed by atoms with Gasteiger partial charge in [0.15, 0.2) is 0 Å². The smallest absolute Gasteiger partial charge is 0.236 e. The number of amides is 2. The maximum atomic E-state index is 13.0. The van der Waals surface area contributed by atoms with Crippen molar-refractivity contribution in [2.24, 2.45) is 5.92 Å².